The normalized spacial score (nSPS) is 16.2. The molecule has 1 aliphatic heterocycles. The number of piperazine rings is 1. The van der Waals surface area contributed by atoms with E-state index in [9.17, 15) is 0 Å². The number of ether oxygens (including phenoxy) is 1. The first kappa shape index (κ1) is 17.1. The SMILES string of the molecule is Cc1cccc(OCCN2CCN(Cc3cn4ccccc4n3)CC2)c1. The molecule has 0 bridgehead atoms. The van der Waals surface area contributed by atoms with Crippen molar-refractivity contribution in [3.05, 3.63) is 66.1 Å². The molecule has 0 spiro atoms. The second-order valence-electron chi connectivity index (χ2n) is 6.98. The Labute approximate surface area is 154 Å². The van der Waals surface area contributed by atoms with E-state index in [1.807, 2.05) is 24.3 Å². The van der Waals surface area contributed by atoms with Gasteiger partial charge in [0.1, 0.15) is 18.0 Å². The van der Waals surface area contributed by atoms with Gasteiger partial charge in [-0.3, -0.25) is 9.80 Å². The van der Waals surface area contributed by atoms with Crippen LogP contribution in [-0.4, -0.2) is 58.5 Å². The standard InChI is InChI=1S/C21H26N4O/c1-18-5-4-6-20(15-18)26-14-13-23-9-11-24(12-10-23)16-19-17-25-8-3-2-7-21(25)22-19/h2-8,15,17H,9-14,16H2,1H3. The minimum atomic E-state index is 0.746. The molecule has 4 rings (SSSR count). The predicted molar refractivity (Wildman–Crippen MR) is 104 cm³/mol. The Kier molecular flexibility index (Phi) is 5.18. The lowest BCUT2D eigenvalue weighted by molar-refractivity contribution is 0.112. The lowest BCUT2D eigenvalue weighted by Crippen LogP contribution is -2.47. The number of rotatable bonds is 6. The third-order valence-electron chi connectivity index (χ3n) is 4.93. The van der Waals surface area contributed by atoms with Crippen molar-refractivity contribution in [3.8, 4) is 5.75 Å². The highest BCUT2D eigenvalue weighted by Crippen LogP contribution is 2.13. The number of aryl methyl sites for hydroxylation is 1. The third-order valence-corrected chi connectivity index (χ3v) is 4.93. The van der Waals surface area contributed by atoms with E-state index < -0.39 is 0 Å². The molecule has 26 heavy (non-hydrogen) atoms. The summed E-state index contributed by atoms with van der Waals surface area (Å²) >= 11 is 0. The first-order valence-corrected chi connectivity index (χ1v) is 9.33. The van der Waals surface area contributed by atoms with Crippen LogP contribution >= 0.6 is 0 Å². The number of hydrogen-bond donors (Lipinski definition) is 0. The van der Waals surface area contributed by atoms with Crippen LogP contribution in [0.2, 0.25) is 0 Å². The first-order valence-electron chi connectivity index (χ1n) is 9.33. The lowest BCUT2D eigenvalue weighted by Gasteiger charge is -2.34. The van der Waals surface area contributed by atoms with Crippen LogP contribution in [0.25, 0.3) is 5.65 Å². The Morgan fingerprint density at radius 1 is 1.00 bits per heavy atom. The molecule has 0 atom stereocenters. The van der Waals surface area contributed by atoms with E-state index in [2.05, 4.69) is 51.7 Å². The van der Waals surface area contributed by atoms with Gasteiger partial charge in [0.15, 0.2) is 0 Å². The number of benzene rings is 1. The van der Waals surface area contributed by atoms with Crippen molar-refractivity contribution in [2.24, 2.45) is 0 Å². The van der Waals surface area contributed by atoms with Gasteiger partial charge in [-0.25, -0.2) is 4.98 Å². The zero-order chi connectivity index (χ0) is 17.8. The van der Waals surface area contributed by atoms with Crippen molar-refractivity contribution in [3.63, 3.8) is 0 Å². The van der Waals surface area contributed by atoms with Crippen LogP contribution in [0.15, 0.2) is 54.9 Å². The molecule has 3 aromatic rings. The molecule has 1 aliphatic rings. The van der Waals surface area contributed by atoms with Crippen LogP contribution in [0, 0.1) is 6.92 Å². The Hall–Kier alpha value is -2.37. The molecule has 0 saturated carbocycles. The fourth-order valence-electron chi connectivity index (χ4n) is 3.46. The van der Waals surface area contributed by atoms with Gasteiger partial charge in [-0.1, -0.05) is 18.2 Å². The van der Waals surface area contributed by atoms with E-state index in [1.54, 1.807) is 0 Å². The molecule has 1 saturated heterocycles. The van der Waals surface area contributed by atoms with Gasteiger partial charge in [0.25, 0.3) is 0 Å². The summed E-state index contributed by atoms with van der Waals surface area (Å²) in [5, 5.41) is 0. The molecule has 0 unspecified atom stereocenters. The summed E-state index contributed by atoms with van der Waals surface area (Å²) in [4.78, 5) is 9.67. The topological polar surface area (TPSA) is 33.0 Å². The summed E-state index contributed by atoms with van der Waals surface area (Å²) in [6, 6.07) is 14.4. The van der Waals surface area contributed by atoms with Gasteiger partial charge in [-0.05, 0) is 36.8 Å². The lowest BCUT2D eigenvalue weighted by atomic mass is 10.2. The highest BCUT2D eigenvalue weighted by Gasteiger charge is 2.17. The molecule has 0 radical (unpaired) electrons. The smallest absolute Gasteiger partial charge is 0.137 e. The molecule has 2 aromatic heterocycles. The molecule has 3 heterocycles. The second-order valence-corrected chi connectivity index (χ2v) is 6.98. The summed E-state index contributed by atoms with van der Waals surface area (Å²) < 4.78 is 7.97. The number of pyridine rings is 1. The maximum atomic E-state index is 5.88. The van der Waals surface area contributed by atoms with E-state index in [4.69, 9.17) is 9.72 Å². The van der Waals surface area contributed by atoms with Gasteiger partial charge in [-0.15, -0.1) is 0 Å². The van der Waals surface area contributed by atoms with Gasteiger partial charge in [0, 0.05) is 51.7 Å². The summed E-state index contributed by atoms with van der Waals surface area (Å²) in [6.45, 7) is 9.09. The molecule has 1 fully saturated rings. The van der Waals surface area contributed by atoms with E-state index in [-0.39, 0.29) is 0 Å². The summed E-state index contributed by atoms with van der Waals surface area (Å²) in [7, 11) is 0. The molecular weight excluding hydrogens is 324 g/mol. The van der Waals surface area contributed by atoms with Crippen molar-refractivity contribution < 1.29 is 4.74 Å². The van der Waals surface area contributed by atoms with Gasteiger partial charge in [-0.2, -0.15) is 0 Å². The fourth-order valence-corrected chi connectivity index (χ4v) is 3.46. The summed E-state index contributed by atoms with van der Waals surface area (Å²) in [6.07, 6.45) is 4.19. The Balaban J connectivity index is 1.21. The van der Waals surface area contributed by atoms with E-state index in [0.717, 1.165) is 63.0 Å². The van der Waals surface area contributed by atoms with Crippen molar-refractivity contribution in [1.82, 2.24) is 19.2 Å². The predicted octanol–water partition coefficient (Wildman–Crippen LogP) is 2.84. The van der Waals surface area contributed by atoms with Crippen LogP contribution in [0.3, 0.4) is 0 Å². The zero-order valence-corrected chi connectivity index (χ0v) is 15.3. The molecule has 0 aliphatic carbocycles. The van der Waals surface area contributed by atoms with Crippen LogP contribution in [0.4, 0.5) is 0 Å². The summed E-state index contributed by atoms with van der Waals surface area (Å²) in [5.74, 6) is 0.968. The number of hydrogen-bond acceptors (Lipinski definition) is 4. The molecule has 1 aromatic carbocycles. The maximum absolute atomic E-state index is 5.88. The highest BCUT2D eigenvalue weighted by molar-refractivity contribution is 5.39. The Bertz CT molecular complexity index is 819. The molecular formula is C21H26N4O. The number of imidazole rings is 1. The van der Waals surface area contributed by atoms with Crippen molar-refractivity contribution >= 4 is 5.65 Å². The third kappa shape index (κ3) is 4.23. The van der Waals surface area contributed by atoms with E-state index in [0.29, 0.717) is 0 Å². The van der Waals surface area contributed by atoms with Crippen LogP contribution < -0.4 is 4.74 Å². The quantitative estimate of drug-likeness (QED) is 0.684. The fraction of sp³-hybridized carbons (Fsp3) is 0.381. The van der Waals surface area contributed by atoms with Crippen LogP contribution in [0.1, 0.15) is 11.3 Å². The molecule has 5 heteroatoms. The Morgan fingerprint density at radius 3 is 2.65 bits per heavy atom. The first-order chi connectivity index (χ1) is 12.8. The van der Waals surface area contributed by atoms with Crippen molar-refractivity contribution in [2.45, 2.75) is 13.5 Å². The van der Waals surface area contributed by atoms with Gasteiger partial charge in [0.05, 0.1) is 5.69 Å². The molecule has 0 N–H and O–H groups in total. The molecule has 136 valence electrons. The minimum absolute atomic E-state index is 0.746. The van der Waals surface area contributed by atoms with Gasteiger partial charge in [0.2, 0.25) is 0 Å². The number of aromatic nitrogens is 2. The van der Waals surface area contributed by atoms with Crippen molar-refractivity contribution in [2.75, 3.05) is 39.3 Å². The molecule has 0 amide bonds. The second kappa shape index (κ2) is 7.89. The van der Waals surface area contributed by atoms with E-state index >= 15 is 0 Å². The number of nitrogens with zero attached hydrogens (tertiary/aromatic N) is 4. The summed E-state index contributed by atoms with van der Waals surface area (Å²) in [5.41, 5.74) is 3.41. The average Bonchev–Trinajstić information content (AvgIpc) is 3.05. The maximum Gasteiger partial charge on any atom is 0.137 e. The average molecular weight is 350 g/mol. The number of fused-ring (bicyclic) bond motifs is 1. The van der Waals surface area contributed by atoms with Gasteiger partial charge >= 0.3 is 0 Å². The highest BCUT2D eigenvalue weighted by atomic mass is 16.5. The molecule has 5 nitrogen and oxygen atoms in total. The Morgan fingerprint density at radius 2 is 1.85 bits per heavy atom. The van der Waals surface area contributed by atoms with E-state index in [1.165, 1.54) is 5.56 Å². The van der Waals surface area contributed by atoms with Crippen LogP contribution in [-0.2, 0) is 6.54 Å². The largest absolute Gasteiger partial charge is 0.492 e. The van der Waals surface area contributed by atoms with Gasteiger partial charge < -0.3 is 9.14 Å². The van der Waals surface area contributed by atoms with Crippen molar-refractivity contribution in [1.29, 1.82) is 0 Å². The monoisotopic (exact) mass is 350 g/mol. The zero-order valence-electron chi connectivity index (χ0n) is 15.3. The minimum Gasteiger partial charge on any atom is -0.492 e. The van der Waals surface area contributed by atoms with Crippen LogP contribution in [0.5, 0.6) is 5.75 Å².